The van der Waals surface area contributed by atoms with Gasteiger partial charge in [-0.25, -0.2) is 21.6 Å². The van der Waals surface area contributed by atoms with Gasteiger partial charge in [-0.05, 0) is 37.0 Å². The van der Waals surface area contributed by atoms with Crippen molar-refractivity contribution < 1.29 is 21.6 Å². The van der Waals surface area contributed by atoms with Crippen LogP contribution in [0.2, 0.25) is 0 Å². The van der Waals surface area contributed by atoms with Gasteiger partial charge in [-0.3, -0.25) is 4.79 Å². The minimum Gasteiger partial charge on any atom is -0.377 e. The van der Waals surface area contributed by atoms with E-state index in [9.17, 15) is 26.4 Å². The first-order chi connectivity index (χ1) is 12.7. The summed E-state index contributed by atoms with van der Waals surface area (Å²) in [5.74, 6) is 0. The van der Waals surface area contributed by atoms with Crippen molar-refractivity contribution >= 4 is 15.5 Å². The Morgan fingerprint density at radius 1 is 1.19 bits per heavy atom. The predicted molar refractivity (Wildman–Crippen MR) is 94.5 cm³/mol. The molecule has 1 aromatic carbocycles. The zero-order valence-corrected chi connectivity index (χ0v) is 15.2. The normalized spacial score (nSPS) is 16.2. The minimum atomic E-state index is -3.39. The molecule has 1 aliphatic rings. The average Bonchev–Trinajstić information content (AvgIpc) is 2.57. The van der Waals surface area contributed by atoms with Crippen LogP contribution in [0.3, 0.4) is 0 Å². The number of hydrogen-bond donors (Lipinski definition) is 1. The minimum absolute atomic E-state index is 0.00722. The highest BCUT2D eigenvalue weighted by Gasteiger charge is 2.27. The molecule has 10 heteroatoms. The molecule has 1 saturated carbocycles. The van der Waals surface area contributed by atoms with Crippen LogP contribution in [0.25, 0.3) is 11.1 Å². The summed E-state index contributed by atoms with van der Waals surface area (Å²) in [6, 6.07) is 5.72. The van der Waals surface area contributed by atoms with E-state index in [4.69, 9.17) is 0 Å². The lowest BCUT2D eigenvalue weighted by Crippen LogP contribution is -2.35. The van der Waals surface area contributed by atoms with Gasteiger partial charge in [0, 0.05) is 17.9 Å². The number of hydrogen-bond acceptors (Lipinski definition) is 5. The highest BCUT2D eigenvalue weighted by molar-refractivity contribution is 7.90. The van der Waals surface area contributed by atoms with Crippen molar-refractivity contribution in [2.45, 2.75) is 42.9 Å². The van der Waals surface area contributed by atoms with E-state index < -0.39 is 28.1 Å². The smallest absolute Gasteiger partial charge is 0.293 e. The van der Waals surface area contributed by atoms with Crippen LogP contribution < -0.4 is 10.9 Å². The van der Waals surface area contributed by atoms with Gasteiger partial charge in [0.15, 0.2) is 9.84 Å². The van der Waals surface area contributed by atoms with E-state index in [2.05, 4.69) is 10.4 Å². The van der Waals surface area contributed by atoms with Gasteiger partial charge >= 0.3 is 0 Å². The summed E-state index contributed by atoms with van der Waals surface area (Å²) >= 11 is 0. The number of nitrogens with zero attached hydrogens (tertiary/aromatic N) is 2. The van der Waals surface area contributed by atoms with Crippen molar-refractivity contribution in [1.29, 1.82) is 0 Å². The monoisotopic (exact) mass is 401 g/mol. The Labute approximate surface area is 153 Å². The zero-order chi connectivity index (χ0) is 19.8. The number of halogens is 3. The number of sulfone groups is 1. The summed E-state index contributed by atoms with van der Waals surface area (Å²) in [6.07, 6.45) is -1.44. The molecule has 0 aliphatic heterocycles. The van der Waals surface area contributed by atoms with Gasteiger partial charge in [-0.1, -0.05) is 12.1 Å². The summed E-state index contributed by atoms with van der Waals surface area (Å²) in [4.78, 5) is 12.7. The number of rotatable bonds is 6. The second kappa shape index (κ2) is 7.34. The SMILES string of the molecule is CS(=O)(=O)c1ccc(-c2cnn(C(F)C(F)F)c(=O)c2NC2CCC2)cc1. The van der Waals surface area contributed by atoms with Gasteiger partial charge in [-0.2, -0.15) is 9.78 Å². The maximum absolute atomic E-state index is 13.7. The third-order valence-corrected chi connectivity index (χ3v) is 5.62. The Hall–Kier alpha value is -2.36. The Kier molecular flexibility index (Phi) is 5.27. The van der Waals surface area contributed by atoms with Crippen LogP contribution in [0.1, 0.15) is 25.6 Å². The second-order valence-electron chi connectivity index (χ2n) is 6.46. The lowest BCUT2D eigenvalue weighted by molar-refractivity contribution is -0.00205. The molecule has 1 N–H and O–H groups in total. The van der Waals surface area contributed by atoms with Crippen molar-refractivity contribution in [3.8, 4) is 11.1 Å². The molecule has 27 heavy (non-hydrogen) atoms. The van der Waals surface area contributed by atoms with E-state index in [-0.39, 0.29) is 21.3 Å². The van der Waals surface area contributed by atoms with Crippen molar-refractivity contribution in [2.75, 3.05) is 11.6 Å². The summed E-state index contributed by atoms with van der Waals surface area (Å²) in [5.41, 5.74) is -0.248. The first-order valence-electron chi connectivity index (χ1n) is 8.29. The summed E-state index contributed by atoms with van der Waals surface area (Å²) in [6.45, 7) is 0. The van der Waals surface area contributed by atoms with E-state index in [1.165, 1.54) is 24.3 Å². The molecule has 2 aromatic rings. The fourth-order valence-electron chi connectivity index (χ4n) is 2.75. The third kappa shape index (κ3) is 4.00. The third-order valence-electron chi connectivity index (χ3n) is 4.49. The first-order valence-corrected chi connectivity index (χ1v) is 10.2. The molecule has 3 rings (SSSR count). The van der Waals surface area contributed by atoms with Gasteiger partial charge in [0.2, 0.25) is 0 Å². The summed E-state index contributed by atoms with van der Waals surface area (Å²) in [7, 11) is -3.39. The molecular formula is C17H18F3N3O3S. The van der Waals surface area contributed by atoms with E-state index in [0.29, 0.717) is 11.1 Å². The Morgan fingerprint density at radius 2 is 1.81 bits per heavy atom. The molecule has 0 amide bonds. The van der Waals surface area contributed by atoms with Crippen LogP contribution in [0.4, 0.5) is 18.9 Å². The van der Waals surface area contributed by atoms with Crippen molar-refractivity contribution in [2.24, 2.45) is 0 Å². The molecule has 0 spiro atoms. The first kappa shape index (κ1) is 19.4. The molecule has 0 saturated heterocycles. The van der Waals surface area contributed by atoms with E-state index in [0.717, 1.165) is 31.7 Å². The Bertz CT molecular complexity index is 987. The molecule has 146 valence electrons. The van der Waals surface area contributed by atoms with Crippen molar-refractivity contribution in [3.63, 3.8) is 0 Å². The van der Waals surface area contributed by atoms with E-state index in [1.54, 1.807) is 0 Å². The summed E-state index contributed by atoms with van der Waals surface area (Å²) in [5, 5.41) is 6.54. The fourth-order valence-corrected chi connectivity index (χ4v) is 3.38. The zero-order valence-electron chi connectivity index (χ0n) is 14.4. The second-order valence-corrected chi connectivity index (χ2v) is 8.47. The lowest BCUT2D eigenvalue weighted by atomic mass is 9.92. The number of anilines is 1. The molecule has 1 fully saturated rings. The van der Waals surface area contributed by atoms with Crippen LogP contribution in [-0.2, 0) is 9.84 Å². The van der Waals surface area contributed by atoms with E-state index in [1.807, 2.05) is 0 Å². The number of alkyl halides is 3. The molecule has 1 unspecified atom stereocenters. The molecule has 1 heterocycles. The molecule has 6 nitrogen and oxygen atoms in total. The van der Waals surface area contributed by atoms with Gasteiger partial charge in [0.05, 0.1) is 11.1 Å². The molecule has 0 bridgehead atoms. The number of nitrogens with one attached hydrogen (secondary N) is 1. The van der Waals surface area contributed by atoms with Crippen LogP contribution in [0.15, 0.2) is 40.2 Å². The van der Waals surface area contributed by atoms with Crippen LogP contribution in [0, 0.1) is 0 Å². The van der Waals surface area contributed by atoms with Crippen molar-refractivity contribution in [1.82, 2.24) is 9.78 Å². The number of aromatic nitrogens is 2. The molecular weight excluding hydrogens is 383 g/mol. The molecule has 0 radical (unpaired) electrons. The van der Waals surface area contributed by atoms with Gasteiger partial charge in [0.1, 0.15) is 5.69 Å². The molecule has 1 aromatic heterocycles. The maximum Gasteiger partial charge on any atom is 0.293 e. The van der Waals surface area contributed by atoms with Crippen molar-refractivity contribution in [3.05, 3.63) is 40.8 Å². The topological polar surface area (TPSA) is 81.1 Å². The predicted octanol–water partition coefficient (Wildman–Crippen LogP) is 3.01. The Morgan fingerprint density at radius 3 is 2.30 bits per heavy atom. The Balaban J connectivity index is 2.08. The largest absolute Gasteiger partial charge is 0.377 e. The maximum atomic E-state index is 13.7. The highest BCUT2D eigenvalue weighted by atomic mass is 32.2. The molecule has 1 aliphatic carbocycles. The van der Waals surface area contributed by atoms with Gasteiger partial charge in [0.25, 0.3) is 18.3 Å². The van der Waals surface area contributed by atoms with Crippen LogP contribution in [0.5, 0.6) is 0 Å². The fraction of sp³-hybridized carbons (Fsp3) is 0.412. The van der Waals surface area contributed by atoms with Crippen LogP contribution >= 0.6 is 0 Å². The summed E-state index contributed by atoms with van der Waals surface area (Å²) < 4.78 is 62.4. The highest BCUT2D eigenvalue weighted by Crippen LogP contribution is 2.30. The quantitative estimate of drug-likeness (QED) is 0.805. The standard InChI is InChI=1S/C17H18F3N3O3S/c1-27(25,26)12-7-5-10(6-8-12)13-9-21-23(16(20)15(18)19)17(24)14(13)22-11-3-2-4-11/h5-9,11,15-16,22H,2-4H2,1H3. The molecule has 1 atom stereocenters. The van der Waals surface area contributed by atoms with Crippen LogP contribution in [-0.4, -0.2) is 36.9 Å². The van der Waals surface area contributed by atoms with E-state index >= 15 is 0 Å². The number of benzene rings is 1. The van der Waals surface area contributed by atoms with Gasteiger partial charge in [-0.15, -0.1) is 0 Å². The lowest BCUT2D eigenvalue weighted by Gasteiger charge is -2.28. The van der Waals surface area contributed by atoms with Gasteiger partial charge < -0.3 is 5.32 Å². The average molecular weight is 401 g/mol.